The summed E-state index contributed by atoms with van der Waals surface area (Å²) in [5, 5.41) is 0. The molecule has 4 amide bonds. The fourth-order valence-corrected chi connectivity index (χ4v) is 5.94. The van der Waals surface area contributed by atoms with Crippen LogP contribution in [-0.4, -0.2) is 41.1 Å². The molecule has 2 atom stereocenters. The molecule has 1 fully saturated rings. The standard InChI is InChI=1S/C30H27N3O4/c1-19-14-15-21-23(16-19)30(37)32(28(21)35)18-27(34)33-24-13-7-10-22(24)29(36)31(17-20-8-3-2-4-9-20)25-11-5-6-12-26(25)33/h2-6,8-9,11-12,14-16,22,24H,7,10,13,17-18H2,1H3/t22-,24+/m0/s1. The molecular formula is C30H27N3O4. The van der Waals surface area contributed by atoms with E-state index in [1.165, 1.54) is 0 Å². The number of fused-ring (bicyclic) bond motifs is 3. The highest BCUT2D eigenvalue weighted by Crippen LogP contribution is 2.43. The normalized spacial score (nSPS) is 20.6. The lowest BCUT2D eigenvalue weighted by atomic mass is 10.0. The number of anilines is 2. The first-order chi connectivity index (χ1) is 17.9. The van der Waals surface area contributed by atoms with E-state index in [1.54, 1.807) is 28.0 Å². The number of carbonyl (C=O) groups is 4. The van der Waals surface area contributed by atoms with Crippen LogP contribution in [0.2, 0.25) is 0 Å². The Morgan fingerprint density at radius 2 is 1.51 bits per heavy atom. The third-order valence-corrected chi connectivity index (χ3v) is 7.70. The quantitative estimate of drug-likeness (QED) is 0.507. The second-order valence-electron chi connectivity index (χ2n) is 10.0. The molecule has 2 aliphatic heterocycles. The van der Waals surface area contributed by atoms with E-state index in [0.29, 0.717) is 41.9 Å². The molecule has 0 spiro atoms. The highest BCUT2D eigenvalue weighted by molar-refractivity contribution is 6.23. The molecular weight excluding hydrogens is 466 g/mol. The summed E-state index contributed by atoms with van der Waals surface area (Å²) in [4.78, 5) is 58.5. The lowest BCUT2D eigenvalue weighted by molar-refractivity contribution is -0.123. The van der Waals surface area contributed by atoms with Gasteiger partial charge in [-0.2, -0.15) is 0 Å². The molecule has 0 radical (unpaired) electrons. The number of para-hydroxylation sites is 2. The Balaban J connectivity index is 1.37. The molecule has 0 aromatic heterocycles. The molecule has 7 heteroatoms. The fraction of sp³-hybridized carbons (Fsp3) is 0.267. The molecule has 3 aliphatic rings. The molecule has 1 aliphatic carbocycles. The zero-order valence-corrected chi connectivity index (χ0v) is 20.6. The van der Waals surface area contributed by atoms with E-state index in [4.69, 9.17) is 0 Å². The summed E-state index contributed by atoms with van der Waals surface area (Å²) in [6.07, 6.45) is 2.22. The summed E-state index contributed by atoms with van der Waals surface area (Å²) in [5.41, 5.74) is 3.83. The molecule has 2 heterocycles. The van der Waals surface area contributed by atoms with Crippen molar-refractivity contribution in [2.75, 3.05) is 16.3 Å². The number of hydrogen-bond acceptors (Lipinski definition) is 4. The number of amides is 4. The van der Waals surface area contributed by atoms with Crippen molar-refractivity contribution in [3.8, 4) is 0 Å². The van der Waals surface area contributed by atoms with E-state index in [-0.39, 0.29) is 30.3 Å². The molecule has 37 heavy (non-hydrogen) atoms. The first kappa shape index (κ1) is 23.2. The van der Waals surface area contributed by atoms with Gasteiger partial charge in [0.05, 0.1) is 35.0 Å². The second kappa shape index (κ2) is 9.00. The Morgan fingerprint density at radius 1 is 0.811 bits per heavy atom. The molecule has 0 saturated heterocycles. The van der Waals surface area contributed by atoms with Crippen LogP contribution in [0.1, 0.15) is 51.1 Å². The van der Waals surface area contributed by atoms with Crippen LogP contribution < -0.4 is 9.80 Å². The van der Waals surface area contributed by atoms with E-state index in [9.17, 15) is 19.2 Å². The van der Waals surface area contributed by atoms with E-state index in [1.807, 2.05) is 61.5 Å². The minimum atomic E-state index is -0.457. The van der Waals surface area contributed by atoms with Crippen molar-refractivity contribution in [3.63, 3.8) is 0 Å². The average molecular weight is 494 g/mol. The summed E-state index contributed by atoms with van der Waals surface area (Å²) in [7, 11) is 0. The highest BCUT2D eigenvalue weighted by atomic mass is 16.2. The largest absolute Gasteiger partial charge is 0.306 e. The Labute approximate surface area is 215 Å². The van der Waals surface area contributed by atoms with Gasteiger partial charge in [-0.3, -0.25) is 24.1 Å². The molecule has 3 aromatic rings. The number of aryl methyl sites for hydroxylation is 1. The first-order valence-electron chi connectivity index (χ1n) is 12.7. The summed E-state index contributed by atoms with van der Waals surface area (Å²) >= 11 is 0. The molecule has 0 N–H and O–H groups in total. The van der Waals surface area contributed by atoms with Gasteiger partial charge in [0.2, 0.25) is 11.8 Å². The van der Waals surface area contributed by atoms with Crippen LogP contribution in [0, 0.1) is 12.8 Å². The second-order valence-corrected chi connectivity index (χ2v) is 10.0. The summed E-state index contributed by atoms with van der Waals surface area (Å²) in [6, 6.07) is 22.0. The van der Waals surface area contributed by atoms with Crippen LogP contribution in [0.25, 0.3) is 0 Å². The van der Waals surface area contributed by atoms with Gasteiger partial charge in [-0.1, -0.05) is 60.5 Å². The SMILES string of the molecule is Cc1ccc2c(c1)C(=O)N(CC(=O)N1c3ccccc3N(Cc3ccccc3)C(=O)[C@H]3CCC[C@H]31)C2=O. The van der Waals surface area contributed by atoms with Crippen LogP contribution in [0.4, 0.5) is 11.4 Å². The minimum absolute atomic E-state index is 0.00492. The Hall–Kier alpha value is -4.26. The zero-order chi connectivity index (χ0) is 25.7. The van der Waals surface area contributed by atoms with Gasteiger partial charge in [-0.15, -0.1) is 0 Å². The summed E-state index contributed by atoms with van der Waals surface area (Å²) in [6.45, 7) is 1.90. The maximum Gasteiger partial charge on any atom is 0.262 e. The molecule has 1 saturated carbocycles. The van der Waals surface area contributed by atoms with Gasteiger partial charge < -0.3 is 9.80 Å². The van der Waals surface area contributed by atoms with Crippen molar-refractivity contribution in [1.82, 2.24) is 4.90 Å². The van der Waals surface area contributed by atoms with Crippen molar-refractivity contribution in [1.29, 1.82) is 0 Å². The van der Waals surface area contributed by atoms with E-state index in [0.717, 1.165) is 22.4 Å². The predicted octanol–water partition coefficient (Wildman–Crippen LogP) is 4.34. The number of benzene rings is 3. The molecule has 6 rings (SSSR count). The molecule has 7 nitrogen and oxygen atoms in total. The smallest absolute Gasteiger partial charge is 0.262 e. The van der Waals surface area contributed by atoms with Crippen LogP contribution in [0.15, 0.2) is 72.8 Å². The maximum absolute atomic E-state index is 13.9. The van der Waals surface area contributed by atoms with Crippen molar-refractivity contribution in [3.05, 3.63) is 95.1 Å². The lowest BCUT2D eigenvalue weighted by Crippen LogP contribution is -2.49. The summed E-state index contributed by atoms with van der Waals surface area (Å²) in [5.74, 6) is -1.61. The highest BCUT2D eigenvalue weighted by Gasteiger charge is 2.47. The van der Waals surface area contributed by atoms with Gasteiger partial charge >= 0.3 is 0 Å². The molecule has 186 valence electrons. The Bertz CT molecular complexity index is 1430. The Morgan fingerprint density at radius 3 is 2.30 bits per heavy atom. The van der Waals surface area contributed by atoms with Crippen LogP contribution in [0.5, 0.6) is 0 Å². The Kier molecular flexibility index (Phi) is 5.63. The van der Waals surface area contributed by atoms with Crippen molar-refractivity contribution >= 4 is 35.0 Å². The van der Waals surface area contributed by atoms with E-state index >= 15 is 0 Å². The van der Waals surface area contributed by atoms with Gasteiger partial charge in [0.25, 0.3) is 11.8 Å². The first-order valence-corrected chi connectivity index (χ1v) is 12.7. The molecule has 0 bridgehead atoms. The van der Waals surface area contributed by atoms with Crippen molar-refractivity contribution in [2.24, 2.45) is 5.92 Å². The topological polar surface area (TPSA) is 78.0 Å². The third kappa shape index (κ3) is 3.82. The minimum Gasteiger partial charge on any atom is -0.306 e. The van der Waals surface area contributed by atoms with Gasteiger partial charge in [0.1, 0.15) is 6.54 Å². The number of carbonyl (C=O) groups excluding carboxylic acids is 4. The van der Waals surface area contributed by atoms with Crippen LogP contribution >= 0.6 is 0 Å². The van der Waals surface area contributed by atoms with Gasteiger partial charge in [-0.05, 0) is 49.6 Å². The maximum atomic E-state index is 13.9. The van der Waals surface area contributed by atoms with Gasteiger partial charge in [0, 0.05) is 6.04 Å². The van der Waals surface area contributed by atoms with Gasteiger partial charge in [-0.25, -0.2) is 0 Å². The van der Waals surface area contributed by atoms with Crippen LogP contribution in [0.3, 0.4) is 0 Å². The van der Waals surface area contributed by atoms with E-state index < -0.39 is 11.8 Å². The van der Waals surface area contributed by atoms with Gasteiger partial charge in [0.15, 0.2) is 0 Å². The van der Waals surface area contributed by atoms with Crippen LogP contribution in [-0.2, 0) is 16.1 Å². The lowest BCUT2D eigenvalue weighted by Gasteiger charge is -2.31. The fourth-order valence-electron chi connectivity index (χ4n) is 5.94. The van der Waals surface area contributed by atoms with Crippen molar-refractivity contribution < 1.29 is 19.2 Å². The number of rotatable bonds is 4. The number of nitrogens with zero attached hydrogens (tertiary/aromatic N) is 3. The monoisotopic (exact) mass is 493 g/mol. The van der Waals surface area contributed by atoms with Crippen molar-refractivity contribution in [2.45, 2.75) is 38.8 Å². The number of hydrogen-bond donors (Lipinski definition) is 0. The van der Waals surface area contributed by atoms with E-state index in [2.05, 4.69) is 0 Å². The molecule has 3 aromatic carbocycles. The predicted molar refractivity (Wildman–Crippen MR) is 139 cm³/mol. The zero-order valence-electron chi connectivity index (χ0n) is 20.6. The summed E-state index contributed by atoms with van der Waals surface area (Å²) < 4.78 is 0. The number of imide groups is 1. The third-order valence-electron chi connectivity index (χ3n) is 7.70. The molecule has 0 unspecified atom stereocenters. The average Bonchev–Trinajstić information content (AvgIpc) is 3.45.